The van der Waals surface area contributed by atoms with Gasteiger partial charge in [-0.15, -0.1) is 0 Å². The molecule has 120 valence electrons. The number of rotatable bonds is 5. The van der Waals surface area contributed by atoms with Gasteiger partial charge in [0.1, 0.15) is 5.75 Å². The van der Waals surface area contributed by atoms with Crippen molar-refractivity contribution < 1.29 is 18.7 Å². The molecular formula is C17H17FN2O3. The predicted octanol–water partition coefficient (Wildman–Crippen LogP) is 3.00. The molecule has 1 N–H and O–H groups in total. The van der Waals surface area contributed by atoms with Gasteiger partial charge in [-0.25, -0.2) is 9.82 Å². The van der Waals surface area contributed by atoms with Crippen LogP contribution in [0.2, 0.25) is 0 Å². The van der Waals surface area contributed by atoms with Crippen LogP contribution in [0.4, 0.5) is 4.39 Å². The third-order valence-corrected chi connectivity index (χ3v) is 3.25. The van der Waals surface area contributed by atoms with Gasteiger partial charge in [-0.1, -0.05) is 0 Å². The molecule has 0 aromatic heterocycles. The van der Waals surface area contributed by atoms with Gasteiger partial charge >= 0.3 is 0 Å². The van der Waals surface area contributed by atoms with Crippen molar-refractivity contribution >= 4 is 11.6 Å². The van der Waals surface area contributed by atoms with Gasteiger partial charge in [0.15, 0.2) is 11.6 Å². The first-order valence-corrected chi connectivity index (χ1v) is 6.87. The smallest absolute Gasteiger partial charge is 0.271 e. The minimum Gasteiger partial charge on any atom is -0.497 e. The predicted molar refractivity (Wildman–Crippen MR) is 85.6 cm³/mol. The molecule has 0 radical (unpaired) electrons. The highest BCUT2D eigenvalue weighted by atomic mass is 19.1. The molecule has 0 saturated carbocycles. The molecule has 2 aromatic rings. The maximum Gasteiger partial charge on any atom is 0.271 e. The van der Waals surface area contributed by atoms with Crippen LogP contribution in [0, 0.1) is 5.82 Å². The molecular weight excluding hydrogens is 299 g/mol. The second-order valence-corrected chi connectivity index (χ2v) is 4.72. The molecule has 2 rings (SSSR count). The minimum absolute atomic E-state index is 0.156. The Balaban J connectivity index is 2.08. The second kappa shape index (κ2) is 7.40. The Morgan fingerprint density at radius 3 is 2.26 bits per heavy atom. The summed E-state index contributed by atoms with van der Waals surface area (Å²) in [5, 5.41) is 3.99. The van der Waals surface area contributed by atoms with Crippen LogP contribution in [0.25, 0.3) is 0 Å². The van der Waals surface area contributed by atoms with Crippen molar-refractivity contribution in [2.45, 2.75) is 6.92 Å². The molecule has 0 aliphatic rings. The van der Waals surface area contributed by atoms with Gasteiger partial charge in [0.05, 0.1) is 19.9 Å². The third-order valence-electron chi connectivity index (χ3n) is 3.25. The number of carbonyl (C=O) groups is 1. The highest BCUT2D eigenvalue weighted by Gasteiger charge is 2.07. The number of ether oxygens (including phenoxy) is 2. The molecule has 23 heavy (non-hydrogen) atoms. The van der Waals surface area contributed by atoms with Crippen LogP contribution < -0.4 is 14.9 Å². The quantitative estimate of drug-likeness (QED) is 0.681. The SMILES string of the molecule is COc1ccc(C(=O)N/N=C(/C)c2ccc(OC)c(F)c2)cc1. The van der Waals surface area contributed by atoms with Crippen molar-refractivity contribution in [1.82, 2.24) is 5.43 Å². The maximum atomic E-state index is 13.7. The van der Waals surface area contributed by atoms with Gasteiger partial charge in [-0.2, -0.15) is 5.10 Å². The number of halogens is 1. The average Bonchev–Trinajstić information content (AvgIpc) is 2.59. The van der Waals surface area contributed by atoms with Crippen LogP contribution in [0.3, 0.4) is 0 Å². The Kier molecular flexibility index (Phi) is 5.30. The summed E-state index contributed by atoms with van der Waals surface area (Å²) in [6, 6.07) is 11.1. The highest BCUT2D eigenvalue weighted by Crippen LogP contribution is 2.18. The Bertz CT molecular complexity index is 727. The van der Waals surface area contributed by atoms with Crippen molar-refractivity contribution in [2.75, 3.05) is 14.2 Å². The molecule has 0 spiro atoms. The van der Waals surface area contributed by atoms with E-state index in [1.54, 1.807) is 44.4 Å². The van der Waals surface area contributed by atoms with Gasteiger partial charge in [-0.3, -0.25) is 4.79 Å². The summed E-state index contributed by atoms with van der Waals surface area (Å²) in [6.45, 7) is 1.68. The summed E-state index contributed by atoms with van der Waals surface area (Å²) in [4.78, 5) is 12.0. The summed E-state index contributed by atoms with van der Waals surface area (Å²) in [6.07, 6.45) is 0. The summed E-state index contributed by atoms with van der Waals surface area (Å²) >= 11 is 0. The van der Waals surface area contributed by atoms with Crippen LogP contribution in [-0.4, -0.2) is 25.8 Å². The molecule has 0 fully saturated rings. The Morgan fingerprint density at radius 1 is 1.04 bits per heavy atom. The van der Waals surface area contributed by atoms with Crippen LogP contribution >= 0.6 is 0 Å². The molecule has 6 heteroatoms. The zero-order chi connectivity index (χ0) is 16.8. The van der Waals surface area contributed by atoms with E-state index in [4.69, 9.17) is 9.47 Å². The lowest BCUT2D eigenvalue weighted by molar-refractivity contribution is 0.0955. The molecule has 5 nitrogen and oxygen atoms in total. The maximum absolute atomic E-state index is 13.7. The lowest BCUT2D eigenvalue weighted by Gasteiger charge is -2.06. The molecule has 0 heterocycles. The monoisotopic (exact) mass is 316 g/mol. The number of hydrogen-bond acceptors (Lipinski definition) is 4. The van der Waals surface area contributed by atoms with Crippen molar-refractivity contribution in [3.63, 3.8) is 0 Å². The first-order valence-electron chi connectivity index (χ1n) is 6.87. The molecule has 0 atom stereocenters. The summed E-state index contributed by atoms with van der Waals surface area (Å²) < 4.78 is 23.6. The Hall–Kier alpha value is -2.89. The van der Waals surface area contributed by atoms with Gasteiger partial charge < -0.3 is 9.47 Å². The van der Waals surface area contributed by atoms with Crippen LogP contribution in [-0.2, 0) is 0 Å². The van der Waals surface area contributed by atoms with Crippen molar-refractivity contribution in [3.05, 3.63) is 59.4 Å². The largest absolute Gasteiger partial charge is 0.497 e. The number of nitrogens with zero attached hydrogens (tertiary/aromatic N) is 1. The van der Waals surface area contributed by atoms with Crippen LogP contribution in [0.15, 0.2) is 47.6 Å². The number of hydrazone groups is 1. The lowest BCUT2D eigenvalue weighted by atomic mass is 10.1. The first-order chi connectivity index (χ1) is 11.0. The number of nitrogens with one attached hydrogen (secondary N) is 1. The fraction of sp³-hybridized carbons (Fsp3) is 0.176. The average molecular weight is 316 g/mol. The Labute approximate surface area is 133 Å². The van der Waals surface area contributed by atoms with E-state index < -0.39 is 5.82 Å². The Morgan fingerprint density at radius 2 is 1.70 bits per heavy atom. The number of amides is 1. The van der Waals surface area contributed by atoms with Gasteiger partial charge in [-0.05, 0) is 49.4 Å². The van der Waals surface area contributed by atoms with E-state index in [1.165, 1.54) is 19.2 Å². The number of methoxy groups -OCH3 is 2. The zero-order valence-corrected chi connectivity index (χ0v) is 13.1. The number of hydrogen-bond donors (Lipinski definition) is 1. The molecule has 1 amide bonds. The summed E-state index contributed by atoms with van der Waals surface area (Å²) in [5.41, 5.74) is 3.92. The number of benzene rings is 2. The topological polar surface area (TPSA) is 59.9 Å². The normalized spacial score (nSPS) is 11.0. The van der Waals surface area contributed by atoms with Gasteiger partial charge in [0.25, 0.3) is 5.91 Å². The summed E-state index contributed by atoms with van der Waals surface area (Å²) in [7, 11) is 2.95. The fourth-order valence-corrected chi connectivity index (χ4v) is 1.90. The molecule has 0 aliphatic carbocycles. The fourth-order valence-electron chi connectivity index (χ4n) is 1.90. The molecule has 2 aromatic carbocycles. The van der Waals surface area contributed by atoms with Gasteiger partial charge in [0, 0.05) is 11.1 Å². The molecule has 0 unspecified atom stereocenters. The van der Waals surface area contributed by atoms with Crippen LogP contribution in [0.1, 0.15) is 22.8 Å². The van der Waals surface area contributed by atoms with Crippen molar-refractivity contribution in [2.24, 2.45) is 5.10 Å². The van der Waals surface area contributed by atoms with Crippen molar-refractivity contribution in [3.8, 4) is 11.5 Å². The van der Waals surface area contributed by atoms with Gasteiger partial charge in [0.2, 0.25) is 0 Å². The second-order valence-electron chi connectivity index (χ2n) is 4.72. The van der Waals surface area contributed by atoms with E-state index in [9.17, 15) is 9.18 Å². The van der Waals surface area contributed by atoms with E-state index in [0.29, 0.717) is 22.6 Å². The lowest BCUT2D eigenvalue weighted by Crippen LogP contribution is -2.19. The highest BCUT2D eigenvalue weighted by molar-refractivity contribution is 6.01. The standard InChI is InChI=1S/C17H17FN2O3/c1-11(13-6-9-16(23-3)15(18)10-13)19-20-17(21)12-4-7-14(22-2)8-5-12/h4-10H,1-3H3,(H,20,21)/b19-11-. The molecule has 0 aliphatic heterocycles. The zero-order valence-electron chi connectivity index (χ0n) is 13.1. The van der Waals surface area contributed by atoms with E-state index in [0.717, 1.165) is 0 Å². The molecule has 0 saturated heterocycles. The minimum atomic E-state index is -0.485. The summed E-state index contributed by atoms with van der Waals surface area (Å²) in [5.74, 6) is -0.0271. The van der Waals surface area contributed by atoms with E-state index in [1.807, 2.05) is 0 Å². The third kappa shape index (κ3) is 4.06. The first kappa shape index (κ1) is 16.5. The molecule has 0 bridgehead atoms. The van der Waals surface area contributed by atoms with E-state index in [-0.39, 0.29) is 11.7 Å². The van der Waals surface area contributed by atoms with E-state index in [2.05, 4.69) is 10.5 Å². The van der Waals surface area contributed by atoms with E-state index >= 15 is 0 Å². The number of carbonyl (C=O) groups excluding carboxylic acids is 1. The van der Waals surface area contributed by atoms with Crippen molar-refractivity contribution in [1.29, 1.82) is 0 Å². The van der Waals surface area contributed by atoms with Crippen LogP contribution in [0.5, 0.6) is 11.5 Å².